The van der Waals surface area contributed by atoms with E-state index in [9.17, 15) is 9.59 Å². The van der Waals surface area contributed by atoms with Crippen LogP contribution in [0.4, 0.5) is 0 Å². The second-order valence-electron chi connectivity index (χ2n) is 14.2. The van der Waals surface area contributed by atoms with E-state index in [2.05, 4.69) is 81.5 Å². The maximum atomic E-state index is 12.5. The molecule has 0 aromatic rings. The van der Waals surface area contributed by atoms with Crippen LogP contribution in [0.2, 0.25) is 0 Å². The molecule has 0 radical (unpaired) electrons. The molecule has 300 valence electrons. The lowest BCUT2D eigenvalue weighted by Crippen LogP contribution is -2.30. The van der Waals surface area contributed by atoms with Crippen LogP contribution in [0.1, 0.15) is 201 Å². The van der Waals surface area contributed by atoms with E-state index in [4.69, 9.17) is 14.2 Å². The molecule has 52 heavy (non-hydrogen) atoms. The minimum Gasteiger partial charge on any atom is -0.462 e. The molecule has 1 atom stereocenters. The van der Waals surface area contributed by atoms with Gasteiger partial charge < -0.3 is 14.2 Å². The highest BCUT2D eigenvalue weighted by Crippen LogP contribution is 2.12. The van der Waals surface area contributed by atoms with Crippen molar-refractivity contribution in [3.05, 3.63) is 60.8 Å². The van der Waals surface area contributed by atoms with Gasteiger partial charge in [-0.05, 0) is 77.0 Å². The third-order valence-electron chi connectivity index (χ3n) is 9.04. The predicted molar refractivity (Wildman–Crippen MR) is 224 cm³/mol. The Morgan fingerprint density at radius 3 is 1.46 bits per heavy atom. The Kier molecular flexibility index (Phi) is 41.0. The molecule has 0 bridgehead atoms. The van der Waals surface area contributed by atoms with E-state index in [1.807, 2.05) is 0 Å². The second kappa shape index (κ2) is 43.0. The lowest BCUT2D eigenvalue weighted by molar-refractivity contribution is -0.163. The monoisotopic (exact) mass is 727 g/mol. The van der Waals surface area contributed by atoms with Gasteiger partial charge in [-0.25, -0.2) is 0 Å². The van der Waals surface area contributed by atoms with Gasteiger partial charge in [-0.15, -0.1) is 0 Å². The van der Waals surface area contributed by atoms with Crippen LogP contribution >= 0.6 is 0 Å². The van der Waals surface area contributed by atoms with E-state index in [0.717, 1.165) is 83.5 Å². The van der Waals surface area contributed by atoms with Crippen molar-refractivity contribution in [3.63, 3.8) is 0 Å². The molecule has 5 heteroatoms. The zero-order valence-electron chi connectivity index (χ0n) is 34.3. The molecular formula is C47H82O5. The standard InChI is InChI=1S/C47H82O5/c1-4-7-10-13-15-17-19-21-22-23-24-25-26-27-28-30-32-35-37-40-46(48)51-44-45(52-47(49)41-38-34-12-9-6-3)43-50-42-39-36-33-31-29-20-18-16-14-11-8-5-2/h7,10,14-17,21-22,24-25,45H,4-6,8-9,11-13,18-20,23,26-44H2,1-3H3/b10-7-,16-14-,17-15-,22-21-,25-24-. The maximum absolute atomic E-state index is 12.5. The molecule has 0 spiro atoms. The smallest absolute Gasteiger partial charge is 0.306 e. The van der Waals surface area contributed by atoms with Crippen molar-refractivity contribution in [2.75, 3.05) is 19.8 Å². The molecule has 0 N–H and O–H groups in total. The summed E-state index contributed by atoms with van der Waals surface area (Å²) in [7, 11) is 0. The minimum absolute atomic E-state index is 0.0740. The first-order valence-electron chi connectivity index (χ1n) is 21.8. The molecule has 0 aliphatic carbocycles. The first-order valence-corrected chi connectivity index (χ1v) is 21.8. The van der Waals surface area contributed by atoms with Gasteiger partial charge in [0.15, 0.2) is 6.10 Å². The van der Waals surface area contributed by atoms with Gasteiger partial charge in [-0.3, -0.25) is 9.59 Å². The number of hydrogen-bond donors (Lipinski definition) is 0. The highest BCUT2D eigenvalue weighted by Gasteiger charge is 2.17. The largest absolute Gasteiger partial charge is 0.462 e. The van der Waals surface area contributed by atoms with Crippen LogP contribution in [0, 0.1) is 0 Å². The number of carbonyl (C=O) groups is 2. The quantitative estimate of drug-likeness (QED) is 0.0358. The van der Waals surface area contributed by atoms with Crippen molar-refractivity contribution in [2.24, 2.45) is 0 Å². The Bertz CT molecular complexity index is 915. The van der Waals surface area contributed by atoms with E-state index < -0.39 is 6.10 Å². The van der Waals surface area contributed by atoms with Crippen molar-refractivity contribution in [2.45, 2.75) is 207 Å². The van der Waals surface area contributed by atoms with Gasteiger partial charge >= 0.3 is 11.9 Å². The molecule has 0 rings (SSSR count). The predicted octanol–water partition coefficient (Wildman–Crippen LogP) is 14.2. The molecule has 0 fully saturated rings. The van der Waals surface area contributed by atoms with Crippen LogP contribution in [-0.4, -0.2) is 37.9 Å². The SMILES string of the molecule is CC/C=C\C/C=C\C/C=C\C/C=C\CCCCCCCCC(=O)OCC(COCCCCCCCC/C=C\CCCC)OC(=O)CCCCCCC. The number of ether oxygens (including phenoxy) is 3. The van der Waals surface area contributed by atoms with Gasteiger partial charge in [0.1, 0.15) is 6.61 Å². The summed E-state index contributed by atoms with van der Waals surface area (Å²) in [6, 6.07) is 0. The molecule has 0 saturated carbocycles. The van der Waals surface area contributed by atoms with E-state index in [1.54, 1.807) is 0 Å². The molecule has 0 heterocycles. The Morgan fingerprint density at radius 1 is 0.442 bits per heavy atom. The summed E-state index contributed by atoms with van der Waals surface area (Å²) in [5.74, 6) is -0.431. The second-order valence-corrected chi connectivity index (χ2v) is 14.2. The molecule has 0 amide bonds. The molecule has 5 nitrogen and oxygen atoms in total. The van der Waals surface area contributed by atoms with Gasteiger partial charge in [0.2, 0.25) is 0 Å². The summed E-state index contributed by atoms with van der Waals surface area (Å²) >= 11 is 0. The maximum Gasteiger partial charge on any atom is 0.306 e. The van der Waals surface area contributed by atoms with Gasteiger partial charge in [0.25, 0.3) is 0 Å². The number of hydrogen-bond acceptors (Lipinski definition) is 5. The molecule has 0 saturated heterocycles. The fourth-order valence-corrected chi connectivity index (χ4v) is 5.77. The third-order valence-corrected chi connectivity index (χ3v) is 9.04. The highest BCUT2D eigenvalue weighted by atomic mass is 16.6. The van der Waals surface area contributed by atoms with Crippen LogP contribution in [0.3, 0.4) is 0 Å². The van der Waals surface area contributed by atoms with Gasteiger partial charge in [-0.1, -0.05) is 171 Å². The van der Waals surface area contributed by atoms with E-state index >= 15 is 0 Å². The van der Waals surface area contributed by atoms with Crippen LogP contribution in [0.25, 0.3) is 0 Å². The Balaban J connectivity index is 4.09. The third kappa shape index (κ3) is 40.4. The normalized spacial score (nSPS) is 12.8. The molecular weight excluding hydrogens is 645 g/mol. The van der Waals surface area contributed by atoms with E-state index in [0.29, 0.717) is 19.4 Å². The van der Waals surface area contributed by atoms with Crippen LogP contribution < -0.4 is 0 Å². The lowest BCUT2D eigenvalue weighted by Gasteiger charge is -2.18. The van der Waals surface area contributed by atoms with Crippen molar-refractivity contribution >= 4 is 11.9 Å². The molecule has 0 aliphatic rings. The number of esters is 2. The Hall–Kier alpha value is -2.40. The van der Waals surface area contributed by atoms with Crippen molar-refractivity contribution in [1.29, 1.82) is 0 Å². The zero-order chi connectivity index (χ0) is 37.8. The van der Waals surface area contributed by atoms with Gasteiger partial charge in [0, 0.05) is 19.4 Å². The minimum atomic E-state index is -0.539. The highest BCUT2D eigenvalue weighted by molar-refractivity contribution is 5.70. The van der Waals surface area contributed by atoms with Gasteiger partial charge in [-0.2, -0.15) is 0 Å². The molecule has 1 unspecified atom stereocenters. The first-order chi connectivity index (χ1) is 25.6. The summed E-state index contributed by atoms with van der Waals surface area (Å²) in [5, 5.41) is 0. The summed E-state index contributed by atoms with van der Waals surface area (Å²) in [4.78, 5) is 25.0. The van der Waals surface area contributed by atoms with Crippen molar-refractivity contribution in [1.82, 2.24) is 0 Å². The number of carbonyl (C=O) groups excluding carboxylic acids is 2. The fraction of sp³-hybridized carbons (Fsp3) is 0.745. The molecule has 0 aromatic carbocycles. The lowest BCUT2D eigenvalue weighted by atomic mass is 10.1. The summed E-state index contributed by atoms with van der Waals surface area (Å²) < 4.78 is 17.1. The number of unbranched alkanes of at least 4 members (excludes halogenated alkanes) is 18. The Morgan fingerprint density at radius 2 is 0.885 bits per heavy atom. The zero-order valence-corrected chi connectivity index (χ0v) is 34.3. The molecule has 0 aromatic heterocycles. The fourth-order valence-electron chi connectivity index (χ4n) is 5.77. The van der Waals surface area contributed by atoms with Crippen molar-refractivity contribution in [3.8, 4) is 0 Å². The average Bonchev–Trinajstić information content (AvgIpc) is 3.14. The topological polar surface area (TPSA) is 61.8 Å². The van der Waals surface area contributed by atoms with Crippen molar-refractivity contribution < 1.29 is 23.8 Å². The molecule has 0 aliphatic heterocycles. The number of rotatable bonds is 39. The average molecular weight is 727 g/mol. The van der Waals surface area contributed by atoms with Crippen LogP contribution in [0.15, 0.2) is 60.8 Å². The summed E-state index contributed by atoms with van der Waals surface area (Å²) in [6.45, 7) is 7.58. The summed E-state index contributed by atoms with van der Waals surface area (Å²) in [6.07, 6.45) is 52.4. The Labute approximate surface area is 322 Å². The van der Waals surface area contributed by atoms with Crippen LogP contribution in [-0.2, 0) is 23.8 Å². The number of allylic oxidation sites excluding steroid dienone is 10. The summed E-state index contributed by atoms with van der Waals surface area (Å²) in [5.41, 5.74) is 0. The van der Waals surface area contributed by atoms with Gasteiger partial charge in [0.05, 0.1) is 6.61 Å². The van der Waals surface area contributed by atoms with E-state index in [1.165, 1.54) is 83.5 Å². The van der Waals surface area contributed by atoms with Crippen LogP contribution in [0.5, 0.6) is 0 Å². The van der Waals surface area contributed by atoms with E-state index in [-0.39, 0.29) is 25.2 Å². The first kappa shape index (κ1) is 49.6.